The Bertz CT molecular complexity index is 1120. The first kappa shape index (κ1) is 15.6. The summed E-state index contributed by atoms with van der Waals surface area (Å²) >= 11 is 0. The SMILES string of the molecule is N#Cc1cccc(C(=O)Nc2cccc(-c3nc4ccccc4o3)c2)c1. The molecule has 1 aromatic heterocycles. The lowest BCUT2D eigenvalue weighted by Gasteiger charge is -2.06. The lowest BCUT2D eigenvalue weighted by atomic mass is 10.1. The minimum atomic E-state index is -0.281. The molecule has 0 radical (unpaired) electrons. The molecular formula is C21H13N3O2. The maximum atomic E-state index is 12.4. The van der Waals surface area contributed by atoms with Gasteiger partial charge in [0.05, 0.1) is 11.6 Å². The first-order chi connectivity index (χ1) is 12.7. The molecule has 26 heavy (non-hydrogen) atoms. The predicted molar refractivity (Wildman–Crippen MR) is 98.6 cm³/mol. The number of hydrogen-bond donors (Lipinski definition) is 1. The van der Waals surface area contributed by atoms with Crippen molar-refractivity contribution in [3.63, 3.8) is 0 Å². The summed E-state index contributed by atoms with van der Waals surface area (Å²) in [5, 5.41) is 11.8. The Kier molecular flexibility index (Phi) is 3.92. The number of anilines is 1. The maximum absolute atomic E-state index is 12.4. The first-order valence-corrected chi connectivity index (χ1v) is 8.00. The Morgan fingerprint density at radius 3 is 2.69 bits per heavy atom. The van der Waals surface area contributed by atoms with Crippen LogP contribution in [-0.2, 0) is 0 Å². The van der Waals surface area contributed by atoms with Crippen molar-refractivity contribution < 1.29 is 9.21 Å². The van der Waals surface area contributed by atoms with E-state index in [4.69, 9.17) is 9.68 Å². The molecule has 5 heteroatoms. The highest BCUT2D eigenvalue weighted by atomic mass is 16.3. The van der Waals surface area contributed by atoms with Crippen LogP contribution in [0.25, 0.3) is 22.6 Å². The summed E-state index contributed by atoms with van der Waals surface area (Å²) in [6.07, 6.45) is 0. The van der Waals surface area contributed by atoms with Crippen LogP contribution in [0.15, 0.2) is 77.2 Å². The van der Waals surface area contributed by atoms with Crippen molar-refractivity contribution in [2.45, 2.75) is 0 Å². The molecule has 0 bridgehead atoms. The number of nitrogens with zero attached hydrogens (tertiary/aromatic N) is 2. The molecule has 4 aromatic rings. The largest absolute Gasteiger partial charge is 0.436 e. The number of hydrogen-bond acceptors (Lipinski definition) is 4. The number of aromatic nitrogens is 1. The second-order valence-corrected chi connectivity index (χ2v) is 5.71. The lowest BCUT2D eigenvalue weighted by molar-refractivity contribution is 0.102. The molecule has 0 saturated heterocycles. The van der Waals surface area contributed by atoms with Gasteiger partial charge in [-0.15, -0.1) is 0 Å². The van der Waals surface area contributed by atoms with Gasteiger partial charge in [0.1, 0.15) is 5.52 Å². The fourth-order valence-electron chi connectivity index (χ4n) is 2.66. The topological polar surface area (TPSA) is 78.9 Å². The van der Waals surface area contributed by atoms with Crippen molar-refractivity contribution in [3.05, 3.63) is 83.9 Å². The monoisotopic (exact) mass is 339 g/mol. The second kappa shape index (κ2) is 6.54. The summed E-state index contributed by atoms with van der Waals surface area (Å²) in [4.78, 5) is 16.9. The predicted octanol–water partition coefficient (Wildman–Crippen LogP) is 4.62. The molecular weight excluding hydrogens is 326 g/mol. The molecule has 5 nitrogen and oxygen atoms in total. The number of amides is 1. The van der Waals surface area contributed by atoms with Crippen molar-refractivity contribution in [1.29, 1.82) is 5.26 Å². The fourth-order valence-corrected chi connectivity index (χ4v) is 2.66. The highest BCUT2D eigenvalue weighted by Crippen LogP contribution is 2.26. The van der Waals surface area contributed by atoms with Gasteiger partial charge in [-0.05, 0) is 48.5 Å². The van der Waals surface area contributed by atoms with Gasteiger partial charge in [-0.25, -0.2) is 4.98 Å². The number of oxazole rings is 1. The molecule has 1 heterocycles. The number of nitriles is 1. The molecule has 0 unspecified atom stereocenters. The molecule has 0 saturated carbocycles. The van der Waals surface area contributed by atoms with E-state index in [9.17, 15) is 4.79 Å². The van der Waals surface area contributed by atoms with Crippen molar-refractivity contribution in [1.82, 2.24) is 4.98 Å². The van der Waals surface area contributed by atoms with E-state index < -0.39 is 0 Å². The number of fused-ring (bicyclic) bond motifs is 1. The number of para-hydroxylation sites is 2. The Morgan fingerprint density at radius 1 is 1.00 bits per heavy atom. The quantitative estimate of drug-likeness (QED) is 0.591. The number of benzene rings is 3. The summed E-state index contributed by atoms with van der Waals surface area (Å²) in [6.45, 7) is 0. The van der Waals surface area contributed by atoms with Crippen molar-refractivity contribution in [2.75, 3.05) is 5.32 Å². The third-order valence-electron chi connectivity index (χ3n) is 3.92. The Balaban J connectivity index is 1.61. The zero-order chi connectivity index (χ0) is 17.9. The number of carbonyl (C=O) groups excluding carboxylic acids is 1. The summed E-state index contributed by atoms with van der Waals surface area (Å²) in [5.41, 5.74) is 3.76. The van der Waals surface area contributed by atoms with Gasteiger partial charge in [0.15, 0.2) is 5.58 Å². The fraction of sp³-hybridized carbons (Fsp3) is 0. The van der Waals surface area contributed by atoms with E-state index in [1.165, 1.54) is 0 Å². The van der Waals surface area contributed by atoms with E-state index >= 15 is 0 Å². The average Bonchev–Trinajstić information content (AvgIpc) is 3.12. The van der Waals surface area contributed by atoms with Crippen LogP contribution in [0.4, 0.5) is 5.69 Å². The molecule has 0 aliphatic heterocycles. The average molecular weight is 339 g/mol. The minimum Gasteiger partial charge on any atom is -0.436 e. The van der Waals surface area contributed by atoms with E-state index in [2.05, 4.69) is 10.3 Å². The Labute approximate surface area is 149 Å². The zero-order valence-corrected chi connectivity index (χ0v) is 13.6. The third kappa shape index (κ3) is 3.04. The van der Waals surface area contributed by atoms with Gasteiger partial charge in [-0.2, -0.15) is 5.26 Å². The van der Waals surface area contributed by atoms with E-state index in [-0.39, 0.29) is 5.91 Å². The lowest BCUT2D eigenvalue weighted by Crippen LogP contribution is -2.11. The summed E-state index contributed by atoms with van der Waals surface area (Å²) in [5.74, 6) is 0.214. The molecule has 0 aliphatic rings. The molecule has 0 atom stereocenters. The molecule has 4 rings (SSSR count). The smallest absolute Gasteiger partial charge is 0.255 e. The zero-order valence-electron chi connectivity index (χ0n) is 13.6. The van der Waals surface area contributed by atoms with E-state index in [0.29, 0.717) is 28.3 Å². The number of nitrogens with one attached hydrogen (secondary N) is 1. The van der Waals surface area contributed by atoms with Gasteiger partial charge in [0, 0.05) is 16.8 Å². The highest BCUT2D eigenvalue weighted by Gasteiger charge is 2.10. The molecule has 1 amide bonds. The van der Waals surface area contributed by atoms with Crippen LogP contribution in [0.3, 0.4) is 0 Å². The van der Waals surface area contributed by atoms with E-state index in [0.717, 1.165) is 11.1 Å². The molecule has 1 N–H and O–H groups in total. The highest BCUT2D eigenvalue weighted by molar-refractivity contribution is 6.04. The molecule has 0 spiro atoms. The molecule has 0 fully saturated rings. The van der Waals surface area contributed by atoms with Gasteiger partial charge in [-0.3, -0.25) is 4.79 Å². The van der Waals surface area contributed by atoms with Crippen LogP contribution in [0.2, 0.25) is 0 Å². The molecule has 0 aliphatic carbocycles. The molecule has 3 aromatic carbocycles. The van der Waals surface area contributed by atoms with E-state index in [1.54, 1.807) is 36.4 Å². The van der Waals surface area contributed by atoms with Crippen LogP contribution in [0.1, 0.15) is 15.9 Å². The standard InChI is InChI=1S/C21H13N3O2/c22-13-14-5-3-6-15(11-14)20(25)23-17-8-4-7-16(12-17)21-24-18-9-1-2-10-19(18)26-21/h1-12H,(H,23,25). The van der Waals surface area contributed by atoms with Crippen LogP contribution in [0.5, 0.6) is 0 Å². The van der Waals surface area contributed by atoms with E-state index in [1.807, 2.05) is 42.5 Å². The van der Waals surface area contributed by atoms with Crippen LogP contribution >= 0.6 is 0 Å². The van der Waals surface area contributed by atoms with Crippen LogP contribution in [0, 0.1) is 11.3 Å². The van der Waals surface area contributed by atoms with Crippen LogP contribution in [-0.4, -0.2) is 10.9 Å². The Hall–Kier alpha value is -3.91. The number of carbonyl (C=O) groups is 1. The normalized spacial score (nSPS) is 10.4. The van der Waals surface area contributed by atoms with Crippen LogP contribution < -0.4 is 5.32 Å². The van der Waals surface area contributed by atoms with Gasteiger partial charge in [0.25, 0.3) is 5.91 Å². The van der Waals surface area contributed by atoms with Gasteiger partial charge >= 0.3 is 0 Å². The second-order valence-electron chi connectivity index (χ2n) is 5.71. The van der Waals surface area contributed by atoms with Gasteiger partial charge in [-0.1, -0.05) is 24.3 Å². The summed E-state index contributed by atoms with van der Waals surface area (Å²) in [7, 11) is 0. The van der Waals surface area contributed by atoms with Crippen molar-refractivity contribution in [3.8, 4) is 17.5 Å². The van der Waals surface area contributed by atoms with Crippen molar-refractivity contribution >= 4 is 22.7 Å². The van der Waals surface area contributed by atoms with Gasteiger partial charge in [0.2, 0.25) is 5.89 Å². The summed E-state index contributed by atoms with van der Waals surface area (Å²) < 4.78 is 5.77. The first-order valence-electron chi connectivity index (χ1n) is 8.00. The van der Waals surface area contributed by atoms with Gasteiger partial charge < -0.3 is 9.73 Å². The molecule has 124 valence electrons. The minimum absolute atomic E-state index is 0.281. The number of rotatable bonds is 3. The summed E-state index contributed by atoms with van der Waals surface area (Å²) in [6, 6.07) is 23.4. The Morgan fingerprint density at radius 2 is 1.85 bits per heavy atom. The maximum Gasteiger partial charge on any atom is 0.255 e. The van der Waals surface area contributed by atoms with Crippen molar-refractivity contribution in [2.24, 2.45) is 0 Å². The third-order valence-corrected chi connectivity index (χ3v) is 3.92.